The molecule has 5 heteroatoms. The predicted molar refractivity (Wildman–Crippen MR) is 83.9 cm³/mol. The molecule has 0 saturated heterocycles. The minimum atomic E-state index is -0.405. The van der Waals surface area contributed by atoms with Crippen LogP contribution >= 0.6 is 0 Å². The molecule has 0 amide bonds. The summed E-state index contributed by atoms with van der Waals surface area (Å²) in [5.74, 6) is 1.84. The molecule has 1 aromatic rings. The van der Waals surface area contributed by atoms with Gasteiger partial charge >= 0.3 is 5.69 Å². The van der Waals surface area contributed by atoms with E-state index in [2.05, 4.69) is 12.2 Å². The molecule has 1 fully saturated rings. The standard InChI is InChI=1S/C16H24N2O3/c1-3-21-16-10-14(7-8-15(16)18(19)20)17-11-13-6-4-5-12(2)9-13/h7-8,10,12-13,17H,3-6,9,11H2,1-2H3. The van der Waals surface area contributed by atoms with Crippen molar-refractivity contribution in [2.75, 3.05) is 18.5 Å². The molecule has 1 saturated carbocycles. The number of nitro groups is 1. The van der Waals surface area contributed by atoms with Crippen molar-refractivity contribution in [3.8, 4) is 5.75 Å². The Balaban J connectivity index is 1.99. The van der Waals surface area contributed by atoms with E-state index in [4.69, 9.17) is 4.74 Å². The van der Waals surface area contributed by atoms with Gasteiger partial charge < -0.3 is 10.1 Å². The summed E-state index contributed by atoms with van der Waals surface area (Å²) in [5.41, 5.74) is 0.913. The van der Waals surface area contributed by atoms with Crippen LogP contribution in [0.15, 0.2) is 18.2 Å². The quantitative estimate of drug-likeness (QED) is 0.629. The van der Waals surface area contributed by atoms with Gasteiger partial charge in [-0.2, -0.15) is 0 Å². The Bertz CT molecular complexity index is 490. The highest BCUT2D eigenvalue weighted by Gasteiger charge is 2.19. The molecule has 1 aromatic carbocycles. The van der Waals surface area contributed by atoms with Crippen LogP contribution in [-0.4, -0.2) is 18.1 Å². The third kappa shape index (κ3) is 4.34. The van der Waals surface area contributed by atoms with Crippen molar-refractivity contribution in [1.29, 1.82) is 0 Å². The molecule has 0 heterocycles. The molecule has 2 atom stereocenters. The third-order valence-corrected chi connectivity index (χ3v) is 4.10. The highest BCUT2D eigenvalue weighted by atomic mass is 16.6. The van der Waals surface area contributed by atoms with Gasteiger partial charge in [-0.3, -0.25) is 10.1 Å². The van der Waals surface area contributed by atoms with Gasteiger partial charge in [0.2, 0.25) is 0 Å². The lowest BCUT2D eigenvalue weighted by molar-refractivity contribution is -0.385. The SMILES string of the molecule is CCOc1cc(NCC2CCCC(C)C2)ccc1[N+](=O)[O-]. The zero-order valence-electron chi connectivity index (χ0n) is 12.8. The number of ether oxygens (including phenoxy) is 1. The van der Waals surface area contributed by atoms with E-state index >= 15 is 0 Å². The molecular weight excluding hydrogens is 268 g/mol. The van der Waals surface area contributed by atoms with Crippen molar-refractivity contribution in [3.05, 3.63) is 28.3 Å². The minimum Gasteiger partial charge on any atom is -0.487 e. The predicted octanol–water partition coefficient (Wildman–Crippen LogP) is 4.23. The lowest BCUT2D eigenvalue weighted by Crippen LogP contribution is -2.21. The molecule has 116 valence electrons. The second-order valence-corrected chi connectivity index (χ2v) is 5.89. The normalized spacial score (nSPS) is 21.8. The number of hydrogen-bond acceptors (Lipinski definition) is 4. The average Bonchev–Trinajstić information content (AvgIpc) is 2.45. The molecule has 21 heavy (non-hydrogen) atoms. The Hall–Kier alpha value is -1.78. The Morgan fingerprint density at radius 3 is 2.90 bits per heavy atom. The highest BCUT2D eigenvalue weighted by Crippen LogP contribution is 2.32. The van der Waals surface area contributed by atoms with Gasteiger partial charge in [0.15, 0.2) is 5.75 Å². The molecule has 5 nitrogen and oxygen atoms in total. The number of hydrogen-bond donors (Lipinski definition) is 1. The molecule has 0 spiro atoms. The zero-order chi connectivity index (χ0) is 15.2. The largest absolute Gasteiger partial charge is 0.487 e. The maximum Gasteiger partial charge on any atom is 0.311 e. The Kier molecular flexibility index (Phi) is 5.42. The van der Waals surface area contributed by atoms with Crippen molar-refractivity contribution in [2.24, 2.45) is 11.8 Å². The second kappa shape index (κ2) is 7.29. The van der Waals surface area contributed by atoms with E-state index in [0.717, 1.165) is 18.2 Å². The van der Waals surface area contributed by atoms with Gasteiger partial charge in [-0.15, -0.1) is 0 Å². The van der Waals surface area contributed by atoms with E-state index in [-0.39, 0.29) is 5.69 Å². The first-order valence-electron chi connectivity index (χ1n) is 7.75. The third-order valence-electron chi connectivity index (χ3n) is 4.10. The van der Waals surface area contributed by atoms with Crippen LogP contribution in [0.25, 0.3) is 0 Å². The fourth-order valence-electron chi connectivity index (χ4n) is 3.05. The smallest absolute Gasteiger partial charge is 0.311 e. The molecule has 2 unspecified atom stereocenters. The van der Waals surface area contributed by atoms with Gasteiger partial charge in [0.25, 0.3) is 0 Å². The summed E-state index contributed by atoms with van der Waals surface area (Å²) in [6.07, 6.45) is 5.17. The lowest BCUT2D eigenvalue weighted by Gasteiger charge is -2.27. The monoisotopic (exact) mass is 292 g/mol. The van der Waals surface area contributed by atoms with Crippen molar-refractivity contribution in [1.82, 2.24) is 0 Å². The minimum absolute atomic E-state index is 0.0219. The van der Waals surface area contributed by atoms with Crippen molar-refractivity contribution >= 4 is 11.4 Å². The van der Waals surface area contributed by atoms with Crippen molar-refractivity contribution in [2.45, 2.75) is 39.5 Å². The summed E-state index contributed by atoms with van der Waals surface area (Å²) in [5, 5.41) is 14.4. The van der Waals surface area contributed by atoms with Crippen LogP contribution in [0.4, 0.5) is 11.4 Å². The van der Waals surface area contributed by atoms with Crippen LogP contribution in [0.5, 0.6) is 5.75 Å². The summed E-state index contributed by atoms with van der Waals surface area (Å²) in [6, 6.07) is 5.00. The van der Waals surface area contributed by atoms with Crippen LogP contribution in [0.2, 0.25) is 0 Å². The molecular formula is C16H24N2O3. The van der Waals surface area contributed by atoms with Gasteiger partial charge in [0.05, 0.1) is 11.5 Å². The number of nitro benzene ring substituents is 1. The molecule has 0 radical (unpaired) electrons. The Morgan fingerprint density at radius 1 is 1.43 bits per heavy atom. The van der Waals surface area contributed by atoms with Crippen LogP contribution in [0.1, 0.15) is 39.5 Å². The number of nitrogens with one attached hydrogen (secondary N) is 1. The summed E-state index contributed by atoms with van der Waals surface area (Å²) in [6.45, 7) is 5.48. The first-order valence-corrected chi connectivity index (χ1v) is 7.75. The summed E-state index contributed by atoms with van der Waals surface area (Å²) in [4.78, 5) is 10.5. The summed E-state index contributed by atoms with van der Waals surface area (Å²) < 4.78 is 5.37. The van der Waals surface area contributed by atoms with E-state index < -0.39 is 4.92 Å². The van der Waals surface area contributed by atoms with E-state index in [0.29, 0.717) is 18.3 Å². The van der Waals surface area contributed by atoms with Gasteiger partial charge in [-0.1, -0.05) is 19.8 Å². The zero-order valence-corrected chi connectivity index (χ0v) is 12.8. The molecule has 1 N–H and O–H groups in total. The second-order valence-electron chi connectivity index (χ2n) is 5.89. The topological polar surface area (TPSA) is 64.4 Å². The van der Waals surface area contributed by atoms with Gasteiger partial charge in [-0.05, 0) is 37.7 Å². The fraction of sp³-hybridized carbons (Fsp3) is 0.625. The Labute approximate surface area is 125 Å². The van der Waals surface area contributed by atoms with E-state index in [9.17, 15) is 10.1 Å². The molecule has 0 aliphatic heterocycles. The van der Waals surface area contributed by atoms with Crippen molar-refractivity contribution < 1.29 is 9.66 Å². The first-order chi connectivity index (χ1) is 10.1. The Morgan fingerprint density at radius 2 is 2.24 bits per heavy atom. The number of anilines is 1. The highest BCUT2D eigenvalue weighted by molar-refractivity contribution is 5.58. The molecule has 0 aromatic heterocycles. The molecule has 2 rings (SSSR count). The van der Waals surface area contributed by atoms with Crippen LogP contribution < -0.4 is 10.1 Å². The lowest BCUT2D eigenvalue weighted by atomic mass is 9.82. The van der Waals surface area contributed by atoms with Gasteiger partial charge in [0, 0.05) is 24.4 Å². The van der Waals surface area contributed by atoms with E-state index in [1.165, 1.54) is 31.7 Å². The van der Waals surface area contributed by atoms with Crippen molar-refractivity contribution in [3.63, 3.8) is 0 Å². The number of rotatable bonds is 6. The number of benzene rings is 1. The molecule has 1 aliphatic rings. The first kappa shape index (κ1) is 15.6. The maximum absolute atomic E-state index is 11.0. The molecule has 1 aliphatic carbocycles. The van der Waals surface area contributed by atoms with E-state index in [1.807, 2.05) is 6.92 Å². The maximum atomic E-state index is 11.0. The molecule has 0 bridgehead atoms. The van der Waals surface area contributed by atoms with Gasteiger partial charge in [-0.25, -0.2) is 0 Å². The summed E-state index contributed by atoms with van der Waals surface area (Å²) in [7, 11) is 0. The van der Waals surface area contributed by atoms with Crippen LogP contribution in [0.3, 0.4) is 0 Å². The van der Waals surface area contributed by atoms with Gasteiger partial charge in [0.1, 0.15) is 0 Å². The van der Waals surface area contributed by atoms with Crippen LogP contribution in [-0.2, 0) is 0 Å². The average molecular weight is 292 g/mol. The summed E-state index contributed by atoms with van der Waals surface area (Å²) >= 11 is 0. The van der Waals surface area contributed by atoms with E-state index in [1.54, 1.807) is 12.1 Å². The van der Waals surface area contributed by atoms with Crippen LogP contribution in [0, 0.1) is 22.0 Å². The number of nitrogens with zero attached hydrogens (tertiary/aromatic N) is 1. The fourth-order valence-corrected chi connectivity index (χ4v) is 3.05.